The zero-order valence-electron chi connectivity index (χ0n) is 23.3. The zero-order chi connectivity index (χ0) is 28.8. The maximum atomic E-state index is 12.0. The minimum Gasteiger partial charge on any atom is -0.343 e. The number of hydrogen-bond donors (Lipinski definition) is 0. The van der Waals surface area contributed by atoms with E-state index in [0.29, 0.717) is 32.0 Å². The molecule has 3 aromatic rings. The lowest BCUT2D eigenvalue weighted by Crippen LogP contribution is -2.37. The van der Waals surface area contributed by atoms with Gasteiger partial charge < -0.3 is 19.3 Å². The lowest BCUT2D eigenvalue weighted by Gasteiger charge is -2.26. The molecule has 1 saturated heterocycles. The minimum absolute atomic E-state index is 0.0520. The number of carbonyl (C=O) groups is 3. The first-order valence-corrected chi connectivity index (χ1v) is 14.1. The van der Waals surface area contributed by atoms with Gasteiger partial charge in [0.2, 0.25) is 17.7 Å². The van der Waals surface area contributed by atoms with Crippen molar-refractivity contribution in [1.29, 1.82) is 0 Å². The molecule has 212 valence electrons. The van der Waals surface area contributed by atoms with Crippen LogP contribution in [0.5, 0.6) is 0 Å². The molecule has 41 heavy (non-hydrogen) atoms. The monoisotopic (exact) mass is 552 g/mol. The van der Waals surface area contributed by atoms with Crippen LogP contribution in [-0.2, 0) is 33.9 Å². The van der Waals surface area contributed by atoms with Gasteiger partial charge in [-0.1, -0.05) is 61.7 Å². The molecule has 0 bridgehead atoms. The van der Waals surface area contributed by atoms with Crippen molar-refractivity contribution in [2.24, 2.45) is 0 Å². The van der Waals surface area contributed by atoms with Gasteiger partial charge in [0.15, 0.2) is 5.82 Å². The second-order valence-electron chi connectivity index (χ2n) is 10.5. The second kappa shape index (κ2) is 12.8. The van der Waals surface area contributed by atoms with Gasteiger partial charge in [0.1, 0.15) is 5.82 Å². The maximum Gasteiger partial charge on any atom is 0.250 e. The average Bonchev–Trinajstić information content (AvgIpc) is 3.72. The van der Waals surface area contributed by atoms with Crippen LogP contribution in [0.2, 0.25) is 0 Å². The van der Waals surface area contributed by atoms with Gasteiger partial charge in [0.25, 0.3) is 0 Å². The summed E-state index contributed by atoms with van der Waals surface area (Å²) >= 11 is 0. The van der Waals surface area contributed by atoms with Crippen molar-refractivity contribution >= 4 is 23.4 Å². The Bertz CT molecular complexity index is 1430. The van der Waals surface area contributed by atoms with Gasteiger partial charge in [-0.3, -0.25) is 14.4 Å². The lowest BCUT2D eigenvalue weighted by atomic mass is 9.98. The van der Waals surface area contributed by atoms with E-state index in [1.807, 2.05) is 41.3 Å². The van der Waals surface area contributed by atoms with E-state index < -0.39 is 0 Å². The van der Waals surface area contributed by atoms with Crippen LogP contribution in [-0.4, -0.2) is 68.5 Å². The summed E-state index contributed by atoms with van der Waals surface area (Å²) in [6.07, 6.45) is 6.04. The van der Waals surface area contributed by atoms with Crippen LogP contribution < -0.4 is 4.90 Å². The van der Waals surface area contributed by atoms with Gasteiger partial charge >= 0.3 is 0 Å². The highest BCUT2D eigenvalue weighted by Crippen LogP contribution is 2.38. The van der Waals surface area contributed by atoms with E-state index in [1.165, 1.54) is 23.3 Å². The number of amides is 3. The van der Waals surface area contributed by atoms with E-state index in [4.69, 9.17) is 0 Å². The highest BCUT2D eigenvalue weighted by Gasteiger charge is 2.32. The van der Waals surface area contributed by atoms with E-state index in [1.54, 1.807) is 9.80 Å². The van der Waals surface area contributed by atoms with Crippen molar-refractivity contribution < 1.29 is 14.4 Å². The first kappa shape index (κ1) is 28.0. The van der Waals surface area contributed by atoms with Crippen LogP contribution in [0.15, 0.2) is 79.9 Å². The van der Waals surface area contributed by atoms with Gasteiger partial charge in [-0.15, -0.1) is 10.2 Å². The highest BCUT2D eigenvalue weighted by molar-refractivity contribution is 6.02. The fourth-order valence-corrected chi connectivity index (χ4v) is 5.76. The Hall–Kier alpha value is -4.53. The summed E-state index contributed by atoms with van der Waals surface area (Å²) in [7, 11) is 0. The predicted octanol–water partition coefficient (Wildman–Crippen LogP) is 3.71. The molecule has 6 rings (SSSR count). The van der Waals surface area contributed by atoms with Crippen molar-refractivity contribution in [3.8, 4) is 0 Å². The molecule has 2 aromatic carbocycles. The molecule has 4 heterocycles. The van der Waals surface area contributed by atoms with Crippen LogP contribution in [0, 0.1) is 0 Å². The molecule has 0 N–H and O–H groups in total. The Morgan fingerprint density at radius 1 is 0.927 bits per heavy atom. The average molecular weight is 553 g/mol. The lowest BCUT2D eigenvalue weighted by molar-refractivity contribution is -0.128. The quantitative estimate of drug-likeness (QED) is 0.417. The summed E-state index contributed by atoms with van der Waals surface area (Å²) in [5.74, 6) is 2.26. The molecular formula is C32H36N6O3. The zero-order valence-corrected chi connectivity index (χ0v) is 23.3. The summed E-state index contributed by atoms with van der Waals surface area (Å²) in [6, 6.07) is 18.2. The Kier molecular flexibility index (Phi) is 8.72. The highest BCUT2D eigenvalue weighted by atomic mass is 16.2. The third kappa shape index (κ3) is 6.29. The van der Waals surface area contributed by atoms with E-state index in [2.05, 4.69) is 46.1 Å². The van der Waals surface area contributed by atoms with Gasteiger partial charge in [-0.2, -0.15) is 0 Å². The van der Waals surface area contributed by atoms with Gasteiger partial charge in [-0.25, -0.2) is 0 Å². The van der Waals surface area contributed by atoms with E-state index >= 15 is 0 Å². The summed E-state index contributed by atoms with van der Waals surface area (Å²) in [4.78, 5) is 40.8. The standard InChI is InChI=1S/C17H20N2O2.C15H16N4O/c1-2-16(20)19-12-13(14-6-3-4-7-15(14)19)9-11-18-10-5-8-17(18)21;1-2-15(20)18-8-9-19-13(16-17-14(19)11-18)10-12-6-4-3-5-7-12/h2-4,6-7,13H,1,5,8-12H2;2-7H,1,8-11H2. The molecule has 0 spiro atoms. The Morgan fingerprint density at radius 2 is 1.68 bits per heavy atom. The van der Waals surface area contributed by atoms with Crippen LogP contribution in [0.25, 0.3) is 0 Å². The first-order chi connectivity index (χ1) is 20.0. The summed E-state index contributed by atoms with van der Waals surface area (Å²) in [5.41, 5.74) is 3.41. The number of fused-ring (bicyclic) bond motifs is 2. The van der Waals surface area contributed by atoms with E-state index in [9.17, 15) is 14.4 Å². The van der Waals surface area contributed by atoms with Crippen LogP contribution >= 0.6 is 0 Å². The fourth-order valence-electron chi connectivity index (χ4n) is 5.76. The third-order valence-corrected chi connectivity index (χ3v) is 7.95. The van der Waals surface area contributed by atoms with Crippen molar-refractivity contribution in [2.45, 2.75) is 44.7 Å². The van der Waals surface area contributed by atoms with Crippen LogP contribution in [0.1, 0.15) is 48.0 Å². The number of nitrogens with zero attached hydrogens (tertiary/aromatic N) is 6. The molecule has 1 unspecified atom stereocenters. The van der Waals surface area contributed by atoms with Crippen LogP contribution in [0.3, 0.4) is 0 Å². The molecule has 9 nitrogen and oxygen atoms in total. The number of carbonyl (C=O) groups excluding carboxylic acids is 3. The Morgan fingerprint density at radius 3 is 2.41 bits per heavy atom. The molecule has 9 heteroatoms. The number of para-hydroxylation sites is 1. The molecule has 0 saturated carbocycles. The predicted molar refractivity (Wildman–Crippen MR) is 157 cm³/mol. The second-order valence-corrected chi connectivity index (χ2v) is 10.5. The first-order valence-electron chi connectivity index (χ1n) is 14.1. The molecule has 3 amide bonds. The molecule has 0 aliphatic carbocycles. The van der Waals surface area contributed by atoms with Gasteiger partial charge in [0.05, 0.1) is 6.54 Å². The smallest absolute Gasteiger partial charge is 0.250 e. The number of benzene rings is 2. The molecule has 1 fully saturated rings. The SMILES string of the molecule is C=CC(=O)N1CC(CCN2CCCC2=O)c2ccccc21.C=CC(=O)N1CCn2c(Cc3ccccc3)nnc2C1. The molecule has 3 aliphatic heterocycles. The van der Waals surface area contributed by atoms with E-state index in [-0.39, 0.29) is 17.7 Å². The molecule has 1 aromatic heterocycles. The Labute approximate surface area is 240 Å². The number of anilines is 1. The number of rotatable bonds is 7. The van der Waals surface area contributed by atoms with Crippen molar-refractivity contribution in [2.75, 3.05) is 31.1 Å². The van der Waals surface area contributed by atoms with Gasteiger partial charge in [0, 0.05) is 57.2 Å². The summed E-state index contributed by atoms with van der Waals surface area (Å²) in [6.45, 7) is 11.4. The topological polar surface area (TPSA) is 91.6 Å². The van der Waals surface area contributed by atoms with Gasteiger partial charge in [-0.05, 0) is 42.2 Å². The Balaban J connectivity index is 0.000000165. The molecular weight excluding hydrogens is 516 g/mol. The molecule has 0 radical (unpaired) electrons. The number of likely N-dealkylation sites (tertiary alicyclic amines) is 1. The largest absolute Gasteiger partial charge is 0.343 e. The third-order valence-electron chi connectivity index (χ3n) is 7.95. The van der Waals surface area contributed by atoms with Crippen LogP contribution in [0.4, 0.5) is 5.69 Å². The number of aromatic nitrogens is 3. The fraction of sp³-hybridized carbons (Fsp3) is 0.344. The normalized spacial score (nSPS) is 17.4. The van der Waals surface area contributed by atoms with E-state index in [0.717, 1.165) is 56.2 Å². The molecule has 1 atom stereocenters. The van der Waals surface area contributed by atoms with Crippen molar-refractivity contribution in [3.63, 3.8) is 0 Å². The van der Waals surface area contributed by atoms with Crippen molar-refractivity contribution in [3.05, 3.63) is 103 Å². The number of hydrogen-bond acceptors (Lipinski definition) is 5. The van der Waals surface area contributed by atoms with Crippen molar-refractivity contribution in [1.82, 2.24) is 24.6 Å². The molecule has 3 aliphatic rings. The maximum absolute atomic E-state index is 12.0. The summed E-state index contributed by atoms with van der Waals surface area (Å²) < 4.78 is 2.11. The summed E-state index contributed by atoms with van der Waals surface area (Å²) in [5, 5.41) is 8.47. The minimum atomic E-state index is -0.0535.